The van der Waals surface area contributed by atoms with Crippen LogP contribution in [0.25, 0.3) is 0 Å². The highest BCUT2D eigenvalue weighted by atomic mass is 16.3. The minimum absolute atomic E-state index is 0.242. The molecule has 0 radical (unpaired) electrons. The summed E-state index contributed by atoms with van der Waals surface area (Å²) in [6.45, 7) is 6.50. The Hall–Kier alpha value is -0.610. The van der Waals surface area contributed by atoms with Gasteiger partial charge in [-0.15, -0.1) is 0 Å². The van der Waals surface area contributed by atoms with Gasteiger partial charge in [0.15, 0.2) is 0 Å². The lowest BCUT2D eigenvalue weighted by atomic mass is 10.0. The third kappa shape index (κ3) is 4.85. The maximum Gasteiger partial charge on any atom is 0.247 e. The number of nitrogens with two attached hydrogens (primary N) is 1. The van der Waals surface area contributed by atoms with Crippen LogP contribution in [0.1, 0.15) is 27.2 Å². The number of rotatable bonds is 6. The Labute approximate surface area is 79.5 Å². The second kappa shape index (κ2) is 5.94. The zero-order valence-corrected chi connectivity index (χ0v) is 8.58. The molecule has 0 aromatic rings. The summed E-state index contributed by atoms with van der Waals surface area (Å²) in [5.74, 6) is -0.184. The molecule has 0 heterocycles. The first kappa shape index (κ1) is 12.4. The molecule has 2 unspecified atom stereocenters. The lowest BCUT2D eigenvalue weighted by molar-refractivity contribution is -0.125. The zero-order valence-electron chi connectivity index (χ0n) is 8.58. The highest BCUT2D eigenvalue weighted by Gasteiger charge is 2.15. The molecule has 0 aromatic heterocycles. The molecule has 0 aliphatic heterocycles. The van der Waals surface area contributed by atoms with Gasteiger partial charge in [0.25, 0.3) is 0 Å². The van der Waals surface area contributed by atoms with Gasteiger partial charge in [-0.25, -0.2) is 0 Å². The van der Waals surface area contributed by atoms with Crippen molar-refractivity contribution in [3.8, 4) is 0 Å². The van der Waals surface area contributed by atoms with Gasteiger partial charge in [-0.2, -0.15) is 0 Å². The number of aliphatic hydroxyl groups is 1. The summed E-state index contributed by atoms with van der Waals surface area (Å²) in [5.41, 5.74) is 4.91. The Bertz CT molecular complexity index is 160. The predicted molar refractivity (Wildman–Crippen MR) is 52.1 cm³/mol. The van der Waals surface area contributed by atoms with Crippen molar-refractivity contribution in [1.82, 2.24) is 5.32 Å². The molecule has 0 bridgehead atoms. The van der Waals surface area contributed by atoms with Crippen LogP contribution in [-0.2, 0) is 4.79 Å². The van der Waals surface area contributed by atoms with Crippen molar-refractivity contribution in [2.24, 2.45) is 11.7 Å². The van der Waals surface area contributed by atoms with Gasteiger partial charge in [-0.3, -0.25) is 4.79 Å². The minimum Gasteiger partial charge on any atom is -0.382 e. The molecule has 0 fully saturated rings. The summed E-state index contributed by atoms with van der Waals surface area (Å²) in [4.78, 5) is 10.5. The average molecular weight is 188 g/mol. The monoisotopic (exact) mass is 188 g/mol. The predicted octanol–water partition coefficient (Wildman–Crippen LogP) is -0.143. The lowest BCUT2D eigenvalue weighted by Gasteiger charge is -2.21. The fourth-order valence-electron chi connectivity index (χ4n) is 1.22. The van der Waals surface area contributed by atoms with Crippen molar-refractivity contribution in [3.63, 3.8) is 0 Å². The molecule has 0 aromatic carbocycles. The van der Waals surface area contributed by atoms with Gasteiger partial charge in [0, 0.05) is 12.6 Å². The van der Waals surface area contributed by atoms with E-state index < -0.39 is 12.0 Å². The Kier molecular flexibility index (Phi) is 5.66. The number of nitrogens with one attached hydrogen (secondary N) is 1. The third-order valence-corrected chi connectivity index (χ3v) is 2.15. The molecule has 4 heteroatoms. The summed E-state index contributed by atoms with van der Waals surface area (Å²) >= 11 is 0. The molecular weight excluding hydrogens is 168 g/mol. The largest absolute Gasteiger partial charge is 0.382 e. The molecule has 13 heavy (non-hydrogen) atoms. The zero-order chi connectivity index (χ0) is 10.4. The van der Waals surface area contributed by atoms with Crippen molar-refractivity contribution in [2.75, 3.05) is 6.54 Å². The van der Waals surface area contributed by atoms with Gasteiger partial charge in [0.05, 0.1) is 0 Å². The van der Waals surface area contributed by atoms with Crippen LogP contribution in [0.4, 0.5) is 0 Å². The summed E-state index contributed by atoms with van der Waals surface area (Å²) in [6.07, 6.45) is -0.101. The van der Waals surface area contributed by atoms with Gasteiger partial charge in [-0.1, -0.05) is 20.8 Å². The lowest BCUT2D eigenvalue weighted by Crippen LogP contribution is -2.43. The number of amides is 1. The van der Waals surface area contributed by atoms with Crippen LogP contribution >= 0.6 is 0 Å². The highest BCUT2D eigenvalue weighted by molar-refractivity contribution is 5.78. The van der Waals surface area contributed by atoms with Gasteiger partial charge < -0.3 is 16.2 Å². The molecule has 1 amide bonds. The van der Waals surface area contributed by atoms with Crippen LogP contribution < -0.4 is 11.1 Å². The Morgan fingerprint density at radius 2 is 2.08 bits per heavy atom. The maximum atomic E-state index is 10.5. The van der Waals surface area contributed by atoms with Gasteiger partial charge in [-0.05, 0) is 12.3 Å². The van der Waals surface area contributed by atoms with Crippen LogP contribution in [0, 0.1) is 5.92 Å². The summed E-state index contributed by atoms with van der Waals surface area (Å²) < 4.78 is 0. The van der Waals surface area contributed by atoms with Crippen molar-refractivity contribution in [1.29, 1.82) is 0 Å². The smallest absolute Gasteiger partial charge is 0.247 e. The van der Waals surface area contributed by atoms with Crippen molar-refractivity contribution < 1.29 is 9.90 Å². The second-order valence-electron chi connectivity index (χ2n) is 3.59. The van der Waals surface area contributed by atoms with Gasteiger partial charge >= 0.3 is 0 Å². The van der Waals surface area contributed by atoms with Crippen LogP contribution in [0.3, 0.4) is 0 Å². The number of aliphatic hydroxyl groups excluding tert-OH is 1. The van der Waals surface area contributed by atoms with E-state index in [1.807, 2.05) is 0 Å². The van der Waals surface area contributed by atoms with Crippen LogP contribution in [-0.4, -0.2) is 29.7 Å². The summed E-state index contributed by atoms with van der Waals surface area (Å²) in [6, 6.07) is 0.328. The topological polar surface area (TPSA) is 75.3 Å². The van der Waals surface area contributed by atoms with E-state index in [1.54, 1.807) is 0 Å². The Balaban J connectivity index is 3.78. The number of carbonyl (C=O) groups is 1. The first-order valence-electron chi connectivity index (χ1n) is 4.69. The fourth-order valence-corrected chi connectivity index (χ4v) is 1.22. The van der Waals surface area contributed by atoms with E-state index in [0.717, 1.165) is 6.42 Å². The van der Waals surface area contributed by atoms with Crippen molar-refractivity contribution >= 4 is 5.91 Å². The number of hydrogen-bond acceptors (Lipinski definition) is 3. The van der Waals surface area contributed by atoms with E-state index in [2.05, 4.69) is 26.1 Å². The number of primary amides is 1. The van der Waals surface area contributed by atoms with Crippen LogP contribution in [0.5, 0.6) is 0 Å². The molecule has 0 spiro atoms. The SMILES string of the molecule is CCC(NCC(O)C(N)=O)C(C)C. The van der Waals surface area contributed by atoms with E-state index in [4.69, 9.17) is 10.8 Å². The van der Waals surface area contributed by atoms with Crippen LogP contribution in [0.2, 0.25) is 0 Å². The molecule has 4 N–H and O–H groups in total. The van der Waals surface area contributed by atoms with Crippen molar-refractivity contribution in [3.05, 3.63) is 0 Å². The third-order valence-electron chi connectivity index (χ3n) is 2.15. The van der Waals surface area contributed by atoms with Gasteiger partial charge in [0.2, 0.25) is 5.91 Å². The van der Waals surface area contributed by atoms with Crippen molar-refractivity contribution in [2.45, 2.75) is 39.3 Å². The molecule has 4 nitrogen and oxygen atoms in total. The molecule has 0 aliphatic carbocycles. The summed E-state index contributed by atoms with van der Waals surface area (Å²) in [7, 11) is 0. The van der Waals surface area contributed by atoms with Crippen LogP contribution in [0.15, 0.2) is 0 Å². The number of hydrogen-bond donors (Lipinski definition) is 3. The molecule has 0 rings (SSSR count). The summed E-state index contributed by atoms with van der Waals surface area (Å²) in [5, 5.41) is 12.2. The van der Waals surface area contributed by atoms with E-state index in [-0.39, 0.29) is 6.54 Å². The molecular formula is C9H20N2O2. The molecule has 0 saturated carbocycles. The number of carbonyl (C=O) groups excluding carboxylic acids is 1. The minimum atomic E-state index is -1.08. The Morgan fingerprint density at radius 1 is 1.54 bits per heavy atom. The first-order chi connectivity index (χ1) is 5.99. The maximum absolute atomic E-state index is 10.5. The van der Waals surface area contributed by atoms with E-state index in [9.17, 15) is 4.79 Å². The highest BCUT2D eigenvalue weighted by Crippen LogP contribution is 2.04. The molecule has 2 atom stereocenters. The fraction of sp³-hybridized carbons (Fsp3) is 0.889. The standard InChI is InChI=1S/C9H20N2O2/c1-4-7(6(2)3)11-5-8(12)9(10)13/h6-8,11-12H,4-5H2,1-3H3,(H2,10,13). The molecule has 0 aliphatic rings. The first-order valence-corrected chi connectivity index (χ1v) is 4.69. The second-order valence-corrected chi connectivity index (χ2v) is 3.59. The average Bonchev–Trinajstić information content (AvgIpc) is 2.04. The van der Waals surface area contributed by atoms with E-state index in [0.29, 0.717) is 12.0 Å². The quantitative estimate of drug-likeness (QED) is 0.543. The van der Waals surface area contributed by atoms with Gasteiger partial charge in [0.1, 0.15) is 6.10 Å². The molecule has 0 saturated heterocycles. The van der Waals surface area contributed by atoms with E-state index in [1.165, 1.54) is 0 Å². The Morgan fingerprint density at radius 3 is 2.38 bits per heavy atom. The normalized spacial score (nSPS) is 15.8. The van der Waals surface area contributed by atoms with E-state index >= 15 is 0 Å². The molecule has 78 valence electrons.